The largest absolute Gasteiger partial charge is 0.0707 e. The molecule has 0 unspecified atom stereocenters. The van der Waals surface area contributed by atoms with Crippen LogP contribution in [0.3, 0.4) is 0 Å². The SMILES string of the molecule is [SiH3]c1ccc(-c2ccccc2)cc1. The zero-order valence-corrected chi connectivity index (χ0v) is 9.70. The van der Waals surface area contributed by atoms with Crippen molar-refractivity contribution < 1.29 is 0 Å². The third kappa shape index (κ3) is 1.87. The minimum Gasteiger partial charge on any atom is -0.0707 e. The second-order valence-electron chi connectivity index (χ2n) is 3.23. The molecule has 0 bridgehead atoms. The van der Waals surface area contributed by atoms with Crippen molar-refractivity contribution in [1.82, 2.24) is 0 Å². The first-order valence-electron chi connectivity index (χ1n) is 4.48. The van der Waals surface area contributed by atoms with E-state index >= 15 is 0 Å². The van der Waals surface area contributed by atoms with Gasteiger partial charge in [-0.2, -0.15) is 0 Å². The van der Waals surface area contributed by atoms with Crippen molar-refractivity contribution in [3.8, 4) is 11.1 Å². The maximum Gasteiger partial charge on any atom is 0.0384 e. The molecule has 0 atom stereocenters. The molecule has 0 heterocycles. The Morgan fingerprint density at radius 3 is 1.77 bits per heavy atom. The molecular formula is C12H12Si. The Morgan fingerprint density at radius 2 is 1.15 bits per heavy atom. The molecule has 0 saturated carbocycles. The maximum atomic E-state index is 2.20. The summed E-state index contributed by atoms with van der Waals surface area (Å²) >= 11 is 0. The molecule has 2 aromatic carbocycles. The Bertz CT molecular complexity index is 376. The summed E-state index contributed by atoms with van der Waals surface area (Å²) in [4.78, 5) is 0. The molecular weight excluding hydrogens is 172 g/mol. The van der Waals surface area contributed by atoms with Crippen LogP contribution in [0, 0.1) is 0 Å². The van der Waals surface area contributed by atoms with E-state index in [4.69, 9.17) is 0 Å². The Morgan fingerprint density at radius 1 is 0.615 bits per heavy atom. The average molecular weight is 184 g/mol. The quantitative estimate of drug-likeness (QED) is 0.587. The Labute approximate surface area is 81.7 Å². The van der Waals surface area contributed by atoms with Crippen LogP contribution >= 0.6 is 0 Å². The molecule has 0 aliphatic heterocycles. The average Bonchev–Trinajstić information content (AvgIpc) is 2.20. The van der Waals surface area contributed by atoms with E-state index in [2.05, 4.69) is 48.5 Å². The van der Waals surface area contributed by atoms with Gasteiger partial charge < -0.3 is 0 Å². The Kier molecular flexibility index (Phi) is 2.28. The van der Waals surface area contributed by atoms with Crippen molar-refractivity contribution in [2.24, 2.45) is 0 Å². The van der Waals surface area contributed by atoms with Crippen molar-refractivity contribution in [2.45, 2.75) is 0 Å². The fourth-order valence-corrected chi connectivity index (χ4v) is 1.71. The lowest BCUT2D eigenvalue weighted by Crippen LogP contribution is -1.98. The summed E-state index contributed by atoms with van der Waals surface area (Å²) in [5.41, 5.74) is 2.60. The lowest BCUT2D eigenvalue weighted by atomic mass is 10.1. The molecule has 64 valence electrons. The fourth-order valence-electron chi connectivity index (χ4n) is 1.38. The summed E-state index contributed by atoms with van der Waals surface area (Å²) in [7, 11) is 1.13. The molecule has 13 heavy (non-hydrogen) atoms. The minimum atomic E-state index is 1.13. The van der Waals surface area contributed by atoms with E-state index < -0.39 is 0 Å². The second-order valence-corrected chi connectivity index (χ2v) is 4.39. The third-order valence-corrected chi connectivity index (χ3v) is 2.83. The predicted octanol–water partition coefficient (Wildman–Crippen LogP) is 1.34. The number of rotatable bonds is 1. The topological polar surface area (TPSA) is 0 Å². The van der Waals surface area contributed by atoms with Crippen LogP contribution in [0.25, 0.3) is 11.1 Å². The molecule has 0 amide bonds. The molecule has 0 fully saturated rings. The van der Waals surface area contributed by atoms with Gasteiger partial charge in [0.15, 0.2) is 0 Å². The third-order valence-electron chi connectivity index (χ3n) is 2.16. The van der Waals surface area contributed by atoms with E-state index in [1.54, 1.807) is 0 Å². The maximum absolute atomic E-state index is 2.20. The summed E-state index contributed by atoms with van der Waals surface area (Å²) in [5.74, 6) is 0. The predicted molar refractivity (Wildman–Crippen MR) is 61.5 cm³/mol. The first kappa shape index (κ1) is 8.26. The van der Waals surface area contributed by atoms with E-state index in [1.165, 1.54) is 16.3 Å². The molecule has 1 heteroatoms. The monoisotopic (exact) mass is 184 g/mol. The minimum absolute atomic E-state index is 1.13. The molecule has 0 saturated heterocycles. The van der Waals surface area contributed by atoms with Crippen LogP contribution < -0.4 is 5.19 Å². The van der Waals surface area contributed by atoms with E-state index in [0.29, 0.717) is 0 Å². The van der Waals surface area contributed by atoms with Gasteiger partial charge in [-0.15, -0.1) is 0 Å². The standard InChI is InChI=1S/C12H12Si/c13-12-8-6-11(7-9-12)10-4-2-1-3-5-10/h1-9H,13H3. The fraction of sp³-hybridized carbons (Fsp3) is 0. The summed E-state index contributed by atoms with van der Waals surface area (Å²) in [6.45, 7) is 0. The van der Waals surface area contributed by atoms with Crippen molar-refractivity contribution in [2.75, 3.05) is 0 Å². The van der Waals surface area contributed by atoms with Gasteiger partial charge in [-0.05, 0) is 11.1 Å². The molecule has 0 aliphatic rings. The molecule has 0 spiro atoms. The molecule has 2 aromatic rings. The van der Waals surface area contributed by atoms with Gasteiger partial charge in [0.1, 0.15) is 0 Å². The van der Waals surface area contributed by atoms with Gasteiger partial charge in [-0.3, -0.25) is 0 Å². The van der Waals surface area contributed by atoms with Gasteiger partial charge in [0, 0.05) is 10.2 Å². The zero-order chi connectivity index (χ0) is 9.10. The summed E-state index contributed by atoms with van der Waals surface area (Å²) < 4.78 is 0. The van der Waals surface area contributed by atoms with Gasteiger partial charge in [-0.25, -0.2) is 0 Å². The van der Waals surface area contributed by atoms with Gasteiger partial charge in [0.25, 0.3) is 0 Å². The van der Waals surface area contributed by atoms with Crippen molar-refractivity contribution in [3.63, 3.8) is 0 Å². The molecule has 0 N–H and O–H groups in total. The van der Waals surface area contributed by atoms with Gasteiger partial charge >= 0.3 is 0 Å². The highest BCUT2D eigenvalue weighted by Crippen LogP contribution is 2.16. The summed E-state index contributed by atoms with van der Waals surface area (Å²) in [6, 6.07) is 19.3. The van der Waals surface area contributed by atoms with Crippen molar-refractivity contribution >= 4 is 15.4 Å². The molecule has 0 nitrogen and oxygen atoms in total. The van der Waals surface area contributed by atoms with Gasteiger partial charge in [0.05, 0.1) is 0 Å². The van der Waals surface area contributed by atoms with Crippen molar-refractivity contribution in [1.29, 1.82) is 0 Å². The smallest absolute Gasteiger partial charge is 0.0384 e. The van der Waals surface area contributed by atoms with E-state index in [0.717, 1.165) is 10.2 Å². The first-order valence-corrected chi connectivity index (χ1v) is 5.48. The van der Waals surface area contributed by atoms with E-state index in [-0.39, 0.29) is 0 Å². The lowest BCUT2D eigenvalue weighted by Gasteiger charge is -2.00. The van der Waals surface area contributed by atoms with E-state index in [1.807, 2.05) is 6.07 Å². The van der Waals surface area contributed by atoms with Crippen LogP contribution in [-0.2, 0) is 0 Å². The van der Waals surface area contributed by atoms with Crippen LogP contribution in [0.2, 0.25) is 0 Å². The number of benzene rings is 2. The molecule has 0 aliphatic carbocycles. The van der Waals surface area contributed by atoms with Crippen LogP contribution in [0.5, 0.6) is 0 Å². The normalized spacial score (nSPS) is 10.2. The van der Waals surface area contributed by atoms with Crippen LogP contribution in [0.1, 0.15) is 0 Å². The van der Waals surface area contributed by atoms with Crippen LogP contribution in [-0.4, -0.2) is 10.2 Å². The number of hydrogen-bond donors (Lipinski definition) is 0. The molecule has 0 aromatic heterocycles. The molecule has 2 rings (SSSR count). The highest BCUT2D eigenvalue weighted by Gasteiger charge is 1.93. The van der Waals surface area contributed by atoms with Gasteiger partial charge in [-0.1, -0.05) is 59.8 Å². The van der Waals surface area contributed by atoms with Crippen LogP contribution in [0.15, 0.2) is 54.6 Å². The first-order chi connectivity index (χ1) is 6.36. The van der Waals surface area contributed by atoms with Gasteiger partial charge in [0.2, 0.25) is 0 Å². The lowest BCUT2D eigenvalue weighted by molar-refractivity contribution is 1.64. The summed E-state index contributed by atoms with van der Waals surface area (Å²) in [6.07, 6.45) is 0. The second kappa shape index (κ2) is 3.58. The number of hydrogen-bond acceptors (Lipinski definition) is 0. The Balaban J connectivity index is 2.42. The van der Waals surface area contributed by atoms with Crippen LogP contribution in [0.4, 0.5) is 0 Å². The highest BCUT2D eigenvalue weighted by atomic mass is 28.1. The molecule has 0 radical (unpaired) electrons. The highest BCUT2D eigenvalue weighted by molar-refractivity contribution is 6.32. The summed E-state index contributed by atoms with van der Waals surface area (Å²) in [5, 5.41) is 1.44. The van der Waals surface area contributed by atoms with E-state index in [9.17, 15) is 0 Å². The zero-order valence-electron chi connectivity index (χ0n) is 7.70. The van der Waals surface area contributed by atoms with Crippen molar-refractivity contribution in [3.05, 3.63) is 54.6 Å². The Hall–Kier alpha value is -1.34.